The van der Waals surface area contributed by atoms with Crippen molar-refractivity contribution in [3.8, 4) is 5.75 Å². The van der Waals surface area contributed by atoms with Crippen LogP contribution in [0.3, 0.4) is 0 Å². The second-order valence-corrected chi connectivity index (χ2v) is 10.1. The lowest BCUT2D eigenvalue weighted by Gasteiger charge is -2.11. The van der Waals surface area contributed by atoms with E-state index in [0.29, 0.717) is 22.6 Å². The average Bonchev–Trinajstić information content (AvgIpc) is 3.04. The van der Waals surface area contributed by atoms with Gasteiger partial charge in [0.1, 0.15) is 5.75 Å². The van der Waals surface area contributed by atoms with Crippen LogP contribution in [0.15, 0.2) is 109 Å². The third kappa shape index (κ3) is 8.09. The summed E-state index contributed by atoms with van der Waals surface area (Å²) in [4.78, 5) is 46.3. The Morgan fingerprint density at radius 1 is 0.778 bits per heavy atom. The molecule has 0 bridgehead atoms. The molecular weight excluding hydrogens is 609 g/mol. The normalized spacial score (nSPS) is 11.0. The molecule has 1 amide bonds. The van der Waals surface area contributed by atoms with Crippen molar-refractivity contribution < 1.29 is 32.3 Å². The zero-order valence-electron chi connectivity index (χ0n) is 23.1. The average molecular weight is 631 g/mol. The maximum Gasteiger partial charge on any atom is 0.416 e. The number of carbonyl (C=O) groups excluding carboxylic acids is 3. The molecule has 4 aromatic carbocycles. The van der Waals surface area contributed by atoms with Crippen molar-refractivity contribution in [2.75, 3.05) is 10.6 Å². The van der Waals surface area contributed by atoms with E-state index >= 15 is 0 Å². The van der Waals surface area contributed by atoms with Crippen molar-refractivity contribution in [3.05, 3.63) is 142 Å². The van der Waals surface area contributed by atoms with Gasteiger partial charge in [0, 0.05) is 41.3 Å². The van der Waals surface area contributed by atoms with E-state index in [4.69, 9.17) is 16.3 Å². The van der Waals surface area contributed by atoms with E-state index < -0.39 is 23.6 Å². The van der Waals surface area contributed by atoms with Crippen LogP contribution in [-0.2, 0) is 12.6 Å². The maximum atomic E-state index is 13.0. The smallest absolute Gasteiger partial charge is 0.416 e. The molecule has 0 saturated carbocycles. The first-order valence-corrected chi connectivity index (χ1v) is 13.7. The lowest BCUT2D eigenvalue weighted by Crippen LogP contribution is -2.14. The van der Waals surface area contributed by atoms with Gasteiger partial charge >= 0.3 is 12.1 Å². The quantitative estimate of drug-likeness (QED) is 0.0972. The van der Waals surface area contributed by atoms with Crippen LogP contribution in [0.1, 0.15) is 42.2 Å². The number of nitrogens with zero attached hydrogens (tertiary/aromatic N) is 2. The Kier molecular flexibility index (Phi) is 9.20. The SMILES string of the molecule is O=C(Nc1ccc(Cl)c(C(=O)Cc2cnc(Nc3ccc(OC(=O)c4ccccc4)cc3)nc2)c1)c1cccc(C(F)(F)F)c1. The minimum atomic E-state index is -4.60. The minimum absolute atomic E-state index is 0.105. The van der Waals surface area contributed by atoms with Crippen LogP contribution in [0.4, 0.5) is 30.5 Å². The van der Waals surface area contributed by atoms with E-state index in [9.17, 15) is 27.6 Å². The number of hydrogen-bond acceptors (Lipinski definition) is 7. The Morgan fingerprint density at radius 2 is 1.44 bits per heavy atom. The molecule has 0 saturated heterocycles. The van der Waals surface area contributed by atoms with Gasteiger partial charge in [0.25, 0.3) is 5.91 Å². The molecule has 0 aliphatic heterocycles. The summed E-state index contributed by atoms with van der Waals surface area (Å²) in [5.74, 6) is -1.02. The van der Waals surface area contributed by atoms with Gasteiger partial charge in [0.05, 0.1) is 16.1 Å². The van der Waals surface area contributed by atoms with Crippen LogP contribution in [0.25, 0.3) is 0 Å². The number of ketones is 1. The summed E-state index contributed by atoms with van der Waals surface area (Å²) in [5, 5.41) is 5.65. The van der Waals surface area contributed by atoms with E-state index in [1.54, 1.807) is 54.6 Å². The fraction of sp³-hybridized carbons (Fsp3) is 0.0606. The van der Waals surface area contributed by atoms with Crippen LogP contribution < -0.4 is 15.4 Å². The summed E-state index contributed by atoms with van der Waals surface area (Å²) < 4.78 is 44.4. The second kappa shape index (κ2) is 13.4. The van der Waals surface area contributed by atoms with Crippen molar-refractivity contribution >= 4 is 46.6 Å². The number of benzene rings is 4. The number of alkyl halides is 3. The summed E-state index contributed by atoms with van der Waals surface area (Å²) in [5.41, 5.74) is 0.696. The van der Waals surface area contributed by atoms with Gasteiger partial charge in [-0.25, -0.2) is 14.8 Å². The standard InChI is InChI=1S/C33H22ClF3N4O4/c34-28-14-11-25(40-30(43)22-7-4-8-23(16-22)33(35,36)37)17-27(28)29(42)15-20-18-38-32(39-19-20)41-24-9-12-26(13-10-24)45-31(44)21-5-2-1-3-6-21/h1-14,16-19H,15H2,(H,40,43)(H,38,39,41). The topological polar surface area (TPSA) is 110 Å². The minimum Gasteiger partial charge on any atom is -0.423 e. The van der Waals surface area contributed by atoms with Gasteiger partial charge in [-0.2, -0.15) is 13.2 Å². The summed E-state index contributed by atoms with van der Waals surface area (Å²) in [6, 6.07) is 23.4. The molecule has 1 heterocycles. The summed E-state index contributed by atoms with van der Waals surface area (Å²) in [6.45, 7) is 0. The third-order valence-corrected chi connectivity index (χ3v) is 6.71. The van der Waals surface area contributed by atoms with Crippen molar-refractivity contribution in [1.29, 1.82) is 0 Å². The predicted molar refractivity (Wildman–Crippen MR) is 162 cm³/mol. The van der Waals surface area contributed by atoms with Crippen LogP contribution in [0.2, 0.25) is 5.02 Å². The Morgan fingerprint density at radius 3 is 2.13 bits per heavy atom. The van der Waals surface area contributed by atoms with Crippen molar-refractivity contribution in [2.24, 2.45) is 0 Å². The lowest BCUT2D eigenvalue weighted by atomic mass is 10.0. The zero-order chi connectivity index (χ0) is 32.0. The lowest BCUT2D eigenvalue weighted by molar-refractivity contribution is -0.137. The van der Waals surface area contributed by atoms with E-state index in [2.05, 4.69) is 20.6 Å². The van der Waals surface area contributed by atoms with Gasteiger partial charge in [-0.05, 0) is 78.4 Å². The Hall–Kier alpha value is -5.55. The van der Waals surface area contributed by atoms with Gasteiger partial charge < -0.3 is 15.4 Å². The van der Waals surface area contributed by atoms with Crippen LogP contribution in [-0.4, -0.2) is 27.6 Å². The molecule has 0 spiro atoms. The van der Waals surface area contributed by atoms with Gasteiger partial charge in [0.2, 0.25) is 5.95 Å². The molecule has 0 aliphatic carbocycles. The molecule has 0 radical (unpaired) electrons. The van der Waals surface area contributed by atoms with Crippen molar-refractivity contribution in [2.45, 2.75) is 12.6 Å². The van der Waals surface area contributed by atoms with Crippen molar-refractivity contribution in [1.82, 2.24) is 9.97 Å². The highest BCUT2D eigenvalue weighted by atomic mass is 35.5. The molecule has 5 rings (SSSR count). The molecule has 0 aliphatic rings. The predicted octanol–water partition coefficient (Wildman–Crippen LogP) is 7.79. The van der Waals surface area contributed by atoms with E-state index in [0.717, 1.165) is 18.2 Å². The molecule has 1 aromatic heterocycles. The molecule has 0 unspecified atom stereocenters. The Balaban J connectivity index is 1.18. The van der Waals surface area contributed by atoms with Gasteiger partial charge in [0.15, 0.2) is 5.78 Å². The highest BCUT2D eigenvalue weighted by Crippen LogP contribution is 2.30. The highest BCUT2D eigenvalue weighted by Gasteiger charge is 2.31. The molecule has 8 nitrogen and oxygen atoms in total. The van der Waals surface area contributed by atoms with Crippen LogP contribution in [0.5, 0.6) is 5.75 Å². The molecule has 12 heteroatoms. The fourth-order valence-corrected chi connectivity index (χ4v) is 4.35. The number of anilines is 3. The van der Waals surface area contributed by atoms with E-state index in [1.165, 1.54) is 36.7 Å². The number of aromatic nitrogens is 2. The number of ether oxygens (including phenoxy) is 1. The number of Topliss-reactive ketones (excluding diaryl/α,β-unsaturated/α-hetero) is 1. The molecule has 5 aromatic rings. The van der Waals surface area contributed by atoms with Gasteiger partial charge in [-0.15, -0.1) is 0 Å². The Labute approximate surface area is 259 Å². The summed E-state index contributed by atoms with van der Waals surface area (Å²) in [7, 11) is 0. The molecule has 0 atom stereocenters. The molecule has 0 fully saturated rings. The van der Waals surface area contributed by atoms with Gasteiger partial charge in [-0.1, -0.05) is 35.9 Å². The fourth-order valence-electron chi connectivity index (χ4n) is 4.12. The van der Waals surface area contributed by atoms with Crippen LogP contribution >= 0.6 is 11.6 Å². The second-order valence-electron chi connectivity index (χ2n) is 9.65. The highest BCUT2D eigenvalue weighted by molar-refractivity contribution is 6.34. The molecule has 45 heavy (non-hydrogen) atoms. The first kappa shape index (κ1) is 30.9. The van der Waals surface area contributed by atoms with Gasteiger partial charge in [-0.3, -0.25) is 9.59 Å². The van der Waals surface area contributed by atoms with E-state index in [1.807, 2.05) is 0 Å². The summed E-state index contributed by atoms with van der Waals surface area (Å²) >= 11 is 6.24. The number of amides is 1. The van der Waals surface area contributed by atoms with E-state index in [-0.39, 0.29) is 40.0 Å². The van der Waals surface area contributed by atoms with Crippen molar-refractivity contribution in [3.63, 3.8) is 0 Å². The zero-order valence-corrected chi connectivity index (χ0v) is 23.9. The number of rotatable bonds is 9. The van der Waals surface area contributed by atoms with Crippen LogP contribution in [0, 0.1) is 0 Å². The summed E-state index contributed by atoms with van der Waals surface area (Å²) in [6.07, 6.45) is -1.76. The first-order chi connectivity index (χ1) is 21.5. The Bertz CT molecular complexity index is 1850. The number of carbonyl (C=O) groups is 3. The maximum absolute atomic E-state index is 13.0. The first-order valence-electron chi connectivity index (χ1n) is 13.3. The number of hydrogen-bond donors (Lipinski definition) is 2. The third-order valence-electron chi connectivity index (χ3n) is 6.38. The largest absolute Gasteiger partial charge is 0.423 e. The monoisotopic (exact) mass is 630 g/mol. The molecule has 2 N–H and O–H groups in total. The number of nitrogens with one attached hydrogen (secondary N) is 2. The molecular formula is C33H22ClF3N4O4. The number of esters is 1. The molecule has 226 valence electrons. The number of halogens is 4.